The fourth-order valence-corrected chi connectivity index (χ4v) is 2.73. The molecule has 0 unspecified atom stereocenters. The van der Waals surface area contributed by atoms with Gasteiger partial charge in [-0.2, -0.15) is 0 Å². The lowest BCUT2D eigenvalue weighted by Crippen LogP contribution is -2.14. The third kappa shape index (κ3) is 2.92. The molecule has 0 saturated carbocycles. The zero-order valence-electron chi connectivity index (χ0n) is 10.8. The Morgan fingerprint density at radius 2 is 1.67 bits per heavy atom. The first-order valence-corrected chi connectivity index (χ1v) is 7.57. The number of sulfonamides is 1. The SMILES string of the molecule is O=S(=O)(Nc1ncccn1)c1ccc(-c2ccco2)cc1. The summed E-state index contributed by atoms with van der Waals surface area (Å²) in [6.45, 7) is 0. The van der Waals surface area contributed by atoms with Crippen LogP contribution in [0.3, 0.4) is 0 Å². The van der Waals surface area contributed by atoms with Crippen molar-refractivity contribution in [2.45, 2.75) is 4.90 Å². The quantitative estimate of drug-likeness (QED) is 0.800. The summed E-state index contributed by atoms with van der Waals surface area (Å²) in [6, 6.07) is 11.6. The van der Waals surface area contributed by atoms with Gasteiger partial charge in [0.2, 0.25) is 5.95 Å². The maximum absolute atomic E-state index is 12.2. The van der Waals surface area contributed by atoms with Gasteiger partial charge in [-0.05, 0) is 42.5 Å². The van der Waals surface area contributed by atoms with Crippen LogP contribution in [0.2, 0.25) is 0 Å². The maximum Gasteiger partial charge on any atom is 0.264 e. The van der Waals surface area contributed by atoms with E-state index >= 15 is 0 Å². The molecule has 7 heteroatoms. The van der Waals surface area contributed by atoms with Gasteiger partial charge in [-0.25, -0.2) is 23.1 Å². The number of rotatable bonds is 4. The van der Waals surface area contributed by atoms with Crippen LogP contribution in [0.1, 0.15) is 0 Å². The molecule has 3 aromatic rings. The molecule has 21 heavy (non-hydrogen) atoms. The predicted octanol–water partition coefficient (Wildman–Crippen LogP) is 2.54. The lowest BCUT2D eigenvalue weighted by Gasteiger charge is -2.06. The molecule has 2 heterocycles. The highest BCUT2D eigenvalue weighted by molar-refractivity contribution is 7.92. The van der Waals surface area contributed by atoms with Crippen molar-refractivity contribution in [3.63, 3.8) is 0 Å². The highest BCUT2D eigenvalue weighted by Gasteiger charge is 2.15. The molecule has 2 aromatic heterocycles. The Kier molecular flexibility index (Phi) is 3.41. The van der Waals surface area contributed by atoms with E-state index in [2.05, 4.69) is 14.7 Å². The molecule has 3 rings (SSSR count). The average molecular weight is 301 g/mol. The second kappa shape index (κ2) is 5.37. The largest absolute Gasteiger partial charge is 0.464 e. The molecule has 1 aromatic carbocycles. The van der Waals surface area contributed by atoms with E-state index in [1.54, 1.807) is 36.6 Å². The number of benzene rings is 1. The highest BCUT2D eigenvalue weighted by Crippen LogP contribution is 2.22. The number of nitrogens with one attached hydrogen (secondary N) is 1. The van der Waals surface area contributed by atoms with Crippen molar-refractivity contribution in [2.24, 2.45) is 0 Å². The van der Waals surface area contributed by atoms with Crippen molar-refractivity contribution < 1.29 is 12.8 Å². The van der Waals surface area contributed by atoms with Crippen LogP contribution in [0, 0.1) is 0 Å². The van der Waals surface area contributed by atoms with E-state index in [0.29, 0.717) is 5.76 Å². The summed E-state index contributed by atoms with van der Waals surface area (Å²) in [4.78, 5) is 7.79. The number of aromatic nitrogens is 2. The van der Waals surface area contributed by atoms with Crippen LogP contribution in [-0.4, -0.2) is 18.4 Å². The van der Waals surface area contributed by atoms with Gasteiger partial charge in [0.15, 0.2) is 0 Å². The van der Waals surface area contributed by atoms with Gasteiger partial charge < -0.3 is 4.42 Å². The molecule has 0 aliphatic carbocycles. The first kappa shape index (κ1) is 13.3. The van der Waals surface area contributed by atoms with Crippen LogP contribution < -0.4 is 4.72 Å². The van der Waals surface area contributed by atoms with Gasteiger partial charge in [-0.1, -0.05) is 0 Å². The van der Waals surface area contributed by atoms with E-state index in [9.17, 15) is 8.42 Å². The monoisotopic (exact) mass is 301 g/mol. The summed E-state index contributed by atoms with van der Waals surface area (Å²) in [6.07, 6.45) is 4.49. The van der Waals surface area contributed by atoms with E-state index in [0.717, 1.165) is 5.56 Å². The topological polar surface area (TPSA) is 85.1 Å². The van der Waals surface area contributed by atoms with Gasteiger partial charge >= 0.3 is 0 Å². The van der Waals surface area contributed by atoms with Crippen LogP contribution >= 0.6 is 0 Å². The summed E-state index contributed by atoms with van der Waals surface area (Å²) < 4.78 is 31.9. The van der Waals surface area contributed by atoms with Crippen molar-refractivity contribution in [1.82, 2.24) is 9.97 Å². The van der Waals surface area contributed by atoms with Crippen molar-refractivity contribution >= 4 is 16.0 Å². The van der Waals surface area contributed by atoms with Crippen LogP contribution in [0.25, 0.3) is 11.3 Å². The fourth-order valence-electron chi connectivity index (χ4n) is 1.77. The second-order valence-corrected chi connectivity index (χ2v) is 5.86. The van der Waals surface area contributed by atoms with Gasteiger partial charge in [0.1, 0.15) is 5.76 Å². The number of anilines is 1. The van der Waals surface area contributed by atoms with Gasteiger partial charge in [0, 0.05) is 18.0 Å². The molecule has 0 bridgehead atoms. The zero-order chi connectivity index (χ0) is 14.7. The molecule has 0 radical (unpaired) electrons. The molecule has 1 N–H and O–H groups in total. The van der Waals surface area contributed by atoms with E-state index in [4.69, 9.17) is 4.42 Å². The summed E-state index contributed by atoms with van der Waals surface area (Å²) in [5.41, 5.74) is 0.801. The summed E-state index contributed by atoms with van der Waals surface area (Å²) >= 11 is 0. The van der Waals surface area contributed by atoms with Crippen molar-refractivity contribution in [3.8, 4) is 11.3 Å². The zero-order valence-corrected chi connectivity index (χ0v) is 11.6. The Morgan fingerprint density at radius 3 is 2.29 bits per heavy atom. The lowest BCUT2D eigenvalue weighted by molar-refractivity contribution is 0.582. The molecule has 0 aliphatic heterocycles. The van der Waals surface area contributed by atoms with Crippen molar-refractivity contribution in [2.75, 3.05) is 4.72 Å². The minimum absolute atomic E-state index is 0.0348. The third-order valence-electron chi connectivity index (χ3n) is 2.76. The number of furan rings is 1. The number of hydrogen-bond donors (Lipinski definition) is 1. The van der Waals surface area contributed by atoms with Gasteiger partial charge in [-0.3, -0.25) is 0 Å². The normalized spacial score (nSPS) is 11.2. The minimum Gasteiger partial charge on any atom is -0.464 e. The lowest BCUT2D eigenvalue weighted by atomic mass is 10.2. The molecule has 0 fully saturated rings. The predicted molar refractivity (Wildman–Crippen MR) is 77.0 cm³/mol. The Labute approximate surface area is 121 Å². The molecule has 6 nitrogen and oxygen atoms in total. The Bertz CT molecular complexity index is 814. The van der Waals surface area contributed by atoms with E-state index in [1.165, 1.54) is 24.5 Å². The van der Waals surface area contributed by atoms with Crippen LogP contribution in [-0.2, 0) is 10.0 Å². The van der Waals surface area contributed by atoms with Crippen molar-refractivity contribution in [3.05, 3.63) is 61.1 Å². The van der Waals surface area contributed by atoms with E-state index < -0.39 is 10.0 Å². The highest BCUT2D eigenvalue weighted by atomic mass is 32.2. The molecule has 0 amide bonds. The molecular formula is C14H11N3O3S. The second-order valence-electron chi connectivity index (χ2n) is 4.18. The van der Waals surface area contributed by atoms with Gasteiger partial charge in [0.05, 0.1) is 11.2 Å². The van der Waals surface area contributed by atoms with Crippen LogP contribution in [0.4, 0.5) is 5.95 Å². The Morgan fingerprint density at radius 1 is 0.952 bits per heavy atom. The van der Waals surface area contributed by atoms with Gasteiger partial charge in [-0.15, -0.1) is 0 Å². The summed E-state index contributed by atoms with van der Waals surface area (Å²) in [5, 5.41) is 0. The smallest absolute Gasteiger partial charge is 0.264 e. The Hall–Kier alpha value is -2.67. The molecule has 0 spiro atoms. The Balaban J connectivity index is 1.86. The fraction of sp³-hybridized carbons (Fsp3) is 0. The van der Waals surface area contributed by atoms with E-state index in [-0.39, 0.29) is 10.8 Å². The molecule has 0 saturated heterocycles. The standard InChI is InChI=1S/C14H11N3O3S/c18-21(19,17-14-15-8-2-9-16-14)12-6-4-11(5-7-12)13-3-1-10-20-13/h1-10H,(H,15,16,17). The summed E-state index contributed by atoms with van der Waals surface area (Å²) in [5.74, 6) is 0.714. The first-order valence-electron chi connectivity index (χ1n) is 6.09. The third-order valence-corrected chi connectivity index (χ3v) is 4.11. The van der Waals surface area contributed by atoms with Crippen LogP contribution in [0.15, 0.2) is 70.4 Å². The van der Waals surface area contributed by atoms with E-state index in [1.807, 2.05) is 0 Å². The maximum atomic E-state index is 12.2. The molecule has 0 aliphatic rings. The molecule has 0 atom stereocenters. The van der Waals surface area contributed by atoms with Crippen molar-refractivity contribution in [1.29, 1.82) is 0 Å². The first-order chi connectivity index (χ1) is 10.1. The minimum atomic E-state index is -3.70. The van der Waals surface area contributed by atoms with Gasteiger partial charge in [0.25, 0.3) is 10.0 Å². The summed E-state index contributed by atoms with van der Waals surface area (Å²) in [7, 11) is -3.70. The average Bonchev–Trinajstić information content (AvgIpc) is 3.02. The molecular weight excluding hydrogens is 290 g/mol. The number of nitrogens with zero attached hydrogens (tertiary/aromatic N) is 2. The number of hydrogen-bond acceptors (Lipinski definition) is 5. The van der Waals surface area contributed by atoms with Crippen LogP contribution in [0.5, 0.6) is 0 Å². The molecule has 106 valence electrons.